The molecule has 1 aromatic heterocycles. The van der Waals surface area contributed by atoms with Crippen molar-refractivity contribution in [2.45, 2.75) is 30.6 Å². The second-order valence-corrected chi connectivity index (χ2v) is 9.27. The normalized spacial score (nSPS) is 14.0. The predicted octanol–water partition coefficient (Wildman–Crippen LogP) is 6.23. The molecule has 0 aliphatic carbocycles. The van der Waals surface area contributed by atoms with Gasteiger partial charge in [-0.2, -0.15) is 0 Å². The van der Waals surface area contributed by atoms with Crippen molar-refractivity contribution in [3.63, 3.8) is 0 Å². The number of halogens is 2. The lowest BCUT2D eigenvalue weighted by Gasteiger charge is -2.36. The molecule has 0 atom stereocenters. The lowest BCUT2D eigenvalue weighted by molar-refractivity contribution is -0.131. The summed E-state index contributed by atoms with van der Waals surface area (Å²) in [6.07, 6.45) is 6.93. The van der Waals surface area contributed by atoms with Gasteiger partial charge >= 0.3 is 0 Å². The van der Waals surface area contributed by atoms with Crippen LogP contribution in [0.15, 0.2) is 70.4 Å². The molecule has 0 saturated carbocycles. The highest BCUT2D eigenvalue weighted by Crippen LogP contribution is 2.32. The fourth-order valence-corrected chi connectivity index (χ4v) is 5.16. The van der Waals surface area contributed by atoms with Crippen LogP contribution in [0.3, 0.4) is 0 Å². The van der Waals surface area contributed by atoms with Crippen LogP contribution < -0.4 is 4.90 Å². The third-order valence-electron chi connectivity index (χ3n) is 5.89. The summed E-state index contributed by atoms with van der Waals surface area (Å²) >= 11 is 1.84. The molecule has 174 valence electrons. The first kappa shape index (κ1) is 23.4. The topological polar surface area (TPSA) is 36.7 Å². The summed E-state index contributed by atoms with van der Waals surface area (Å²) in [4.78, 5) is 17.5. The minimum atomic E-state index is -0.578. The van der Waals surface area contributed by atoms with Crippen molar-refractivity contribution in [1.82, 2.24) is 4.90 Å². The molecule has 2 heterocycles. The van der Waals surface area contributed by atoms with Crippen LogP contribution in [0.5, 0.6) is 0 Å². The number of piperazine rings is 1. The first-order valence-electron chi connectivity index (χ1n) is 11.3. The van der Waals surface area contributed by atoms with Gasteiger partial charge in [-0.05, 0) is 48.4 Å². The number of anilines is 1. The number of thioether (sulfide) groups is 1. The Morgan fingerprint density at radius 1 is 0.970 bits per heavy atom. The zero-order valence-electron chi connectivity index (χ0n) is 18.5. The molecule has 4 rings (SSSR count). The molecular formula is C26H28F2N2O2S. The number of rotatable bonds is 9. The number of nitrogens with zero attached hydrogens (tertiary/aromatic N) is 2. The largest absolute Gasteiger partial charge is 0.472 e. The Hall–Kier alpha value is -2.80. The Kier molecular flexibility index (Phi) is 8.05. The fraction of sp³-hybridized carbons (Fsp3) is 0.346. The van der Waals surface area contributed by atoms with Gasteiger partial charge in [0.15, 0.2) is 0 Å². The van der Waals surface area contributed by atoms with Gasteiger partial charge in [-0.1, -0.05) is 24.6 Å². The first-order valence-corrected chi connectivity index (χ1v) is 12.3. The Labute approximate surface area is 197 Å². The number of hydrogen-bond acceptors (Lipinski definition) is 4. The Morgan fingerprint density at radius 3 is 2.55 bits per heavy atom. The van der Waals surface area contributed by atoms with Gasteiger partial charge in [0.05, 0.1) is 18.2 Å². The van der Waals surface area contributed by atoms with E-state index in [4.69, 9.17) is 4.42 Å². The van der Waals surface area contributed by atoms with E-state index in [1.54, 1.807) is 12.5 Å². The number of unbranched alkanes of at least 4 members (excludes halogenated alkanes) is 2. The molecule has 2 aromatic carbocycles. The Bertz CT molecular complexity index is 1050. The van der Waals surface area contributed by atoms with Crippen molar-refractivity contribution in [2.24, 2.45) is 0 Å². The van der Waals surface area contributed by atoms with E-state index in [-0.39, 0.29) is 5.91 Å². The van der Waals surface area contributed by atoms with Crippen molar-refractivity contribution < 1.29 is 18.0 Å². The molecule has 1 amide bonds. The molecule has 4 nitrogen and oxygen atoms in total. The number of amides is 1. The molecule has 1 fully saturated rings. The van der Waals surface area contributed by atoms with Gasteiger partial charge in [-0.25, -0.2) is 8.78 Å². The summed E-state index contributed by atoms with van der Waals surface area (Å²) < 4.78 is 32.3. The van der Waals surface area contributed by atoms with E-state index in [0.717, 1.165) is 36.6 Å². The molecular weight excluding hydrogens is 442 g/mol. The van der Waals surface area contributed by atoms with Crippen molar-refractivity contribution in [3.8, 4) is 11.1 Å². The van der Waals surface area contributed by atoms with E-state index in [2.05, 4.69) is 18.2 Å². The second-order valence-electron chi connectivity index (χ2n) is 8.13. The summed E-state index contributed by atoms with van der Waals surface area (Å²) in [6.45, 7) is 2.24. The van der Waals surface area contributed by atoms with Crippen LogP contribution in [-0.4, -0.2) is 42.7 Å². The lowest BCUT2D eigenvalue weighted by atomic mass is 10.1. The predicted molar refractivity (Wildman–Crippen MR) is 128 cm³/mol. The smallest absolute Gasteiger partial charge is 0.222 e. The number of carbonyl (C=O) groups is 1. The van der Waals surface area contributed by atoms with Crippen molar-refractivity contribution in [2.75, 3.05) is 36.8 Å². The average Bonchev–Trinajstić information content (AvgIpc) is 3.36. The third-order valence-corrected chi connectivity index (χ3v) is 7.05. The van der Waals surface area contributed by atoms with Crippen LogP contribution in [0.4, 0.5) is 14.5 Å². The molecule has 0 bridgehead atoms. The molecule has 3 aromatic rings. The van der Waals surface area contributed by atoms with Crippen molar-refractivity contribution in [1.29, 1.82) is 0 Å². The highest BCUT2D eigenvalue weighted by molar-refractivity contribution is 7.99. The monoisotopic (exact) mass is 470 g/mol. The van der Waals surface area contributed by atoms with Crippen molar-refractivity contribution in [3.05, 3.63) is 72.7 Å². The summed E-state index contributed by atoms with van der Waals surface area (Å²) in [5, 5.41) is 0. The Balaban J connectivity index is 1.14. The van der Waals surface area contributed by atoms with Crippen LogP contribution in [-0.2, 0) is 4.79 Å². The van der Waals surface area contributed by atoms with E-state index in [9.17, 15) is 13.6 Å². The van der Waals surface area contributed by atoms with E-state index < -0.39 is 11.6 Å². The molecule has 0 radical (unpaired) electrons. The second kappa shape index (κ2) is 11.4. The van der Waals surface area contributed by atoms with Gasteiger partial charge in [0.1, 0.15) is 11.6 Å². The first-order chi connectivity index (χ1) is 16.1. The van der Waals surface area contributed by atoms with Gasteiger partial charge in [-0.3, -0.25) is 4.79 Å². The van der Waals surface area contributed by atoms with E-state index in [0.29, 0.717) is 38.3 Å². The van der Waals surface area contributed by atoms with Crippen LogP contribution >= 0.6 is 11.8 Å². The number of furan rings is 1. The van der Waals surface area contributed by atoms with Crippen LogP contribution in [0.25, 0.3) is 11.1 Å². The molecule has 1 aliphatic rings. The minimum Gasteiger partial charge on any atom is -0.472 e. The number of benzene rings is 2. The zero-order valence-corrected chi connectivity index (χ0v) is 19.3. The van der Waals surface area contributed by atoms with Crippen molar-refractivity contribution >= 4 is 23.4 Å². The number of hydrogen-bond donors (Lipinski definition) is 0. The van der Waals surface area contributed by atoms with Gasteiger partial charge in [-0.15, -0.1) is 11.8 Å². The zero-order chi connectivity index (χ0) is 23.0. The molecule has 0 spiro atoms. The van der Waals surface area contributed by atoms with Gasteiger partial charge < -0.3 is 14.2 Å². The highest BCUT2D eigenvalue weighted by Gasteiger charge is 2.22. The van der Waals surface area contributed by atoms with Gasteiger partial charge in [0.25, 0.3) is 0 Å². The van der Waals surface area contributed by atoms with E-state index >= 15 is 0 Å². The average molecular weight is 471 g/mol. The maximum atomic E-state index is 14.0. The quantitative estimate of drug-likeness (QED) is 0.275. The molecule has 7 heteroatoms. The van der Waals surface area contributed by atoms with Crippen LogP contribution in [0.1, 0.15) is 25.7 Å². The summed E-state index contributed by atoms with van der Waals surface area (Å²) in [5.74, 6) is 0.0307. The van der Waals surface area contributed by atoms with Crippen LogP contribution in [0.2, 0.25) is 0 Å². The third kappa shape index (κ3) is 6.16. The minimum absolute atomic E-state index is 0.159. The summed E-state index contributed by atoms with van der Waals surface area (Å²) in [6, 6.07) is 13.9. The fourth-order valence-electron chi connectivity index (χ4n) is 4.08. The lowest BCUT2D eigenvalue weighted by Crippen LogP contribution is -2.49. The van der Waals surface area contributed by atoms with E-state index in [1.807, 2.05) is 33.7 Å². The molecule has 0 N–H and O–H groups in total. The standard InChI is InChI=1S/C26H28F2N2O2S/c27-21-9-10-24(23(28)18-21)29-12-14-30(15-13-29)26(31)8-2-1-5-17-33-25-7-4-3-6-22(25)20-11-16-32-19-20/h3-4,6-7,9-11,16,18-19H,1-2,5,8,12-15,17H2. The molecule has 1 aliphatic heterocycles. The maximum absolute atomic E-state index is 14.0. The number of carbonyl (C=O) groups excluding carboxylic acids is 1. The summed E-state index contributed by atoms with van der Waals surface area (Å²) in [7, 11) is 0. The maximum Gasteiger partial charge on any atom is 0.222 e. The Morgan fingerprint density at radius 2 is 1.79 bits per heavy atom. The molecule has 1 saturated heterocycles. The SMILES string of the molecule is O=C(CCCCCSc1ccccc1-c1ccoc1)N1CCN(c2ccc(F)cc2F)CC1. The van der Waals surface area contributed by atoms with Gasteiger partial charge in [0, 0.05) is 49.1 Å². The van der Waals surface area contributed by atoms with Gasteiger partial charge in [0.2, 0.25) is 5.91 Å². The summed E-state index contributed by atoms with van der Waals surface area (Å²) in [5.41, 5.74) is 2.67. The highest BCUT2D eigenvalue weighted by atomic mass is 32.2. The van der Waals surface area contributed by atoms with E-state index in [1.165, 1.54) is 22.6 Å². The molecule has 0 unspecified atom stereocenters. The van der Waals surface area contributed by atoms with Crippen LogP contribution in [0, 0.1) is 11.6 Å². The molecule has 33 heavy (non-hydrogen) atoms.